The number of rotatable bonds is 6. The van der Waals surface area contributed by atoms with Gasteiger partial charge < -0.3 is 19.5 Å². The van der Waals surface area contributed by atoms with E-state index in [-0.39, 0.29) is 11.9 Å². The highest BCUT2D eigenvalue weighted by Crippen LogP contribution is 2.39. The Morgan fingerprint density at radius 2 is 1.54 bits per heavy atom. The van der Waals surface area contributed by atoms with E-state index in [1.54, 1.807) is 33.5 Å². The zero-order valence-electron chi connectivity index (χ0n) is 15.1. The number of amides is 1. The van der Waals surface area contributed by atoms with Crippen LogP contribution in [0.2, 0.25) is 0 Å². The minimum atomic E-state index is -0.165. The van der Waals surface area contributed by atoms with Crippen LogP contribution in [0, 0.1) is 0 Å². The maximum Gasteiger partial charge on any atom is 0.241 e. The largest absolute Gasteiger partial charge is 0.493 e. The average molecular weight is 336 g/mol. The van der Waals surface area contributed by atoms with Crippen molar-refractivity contribution in [3.8, 4) is 17.2 Å². The predicted molar refractivity (Wildman–Crippen MR) is 94.2 cm³/mol. The minimum Gasteiger partial charge on any atom is -0.493 e. The lowest BCUT2D eigenvalue weighted by atomic mass is 10.2. The van der Waals surface area contributed by atoms with Gasteiger partial charge in [0, 0.05) is 17.8 Å². The molecule has 1 aromatic carbocycles. The smallest absolute Gasteiger partial charge is 0.241 e. The molecule has 0 bridgehead atoms. The third kappa shape index (κ3) is 4.32. The first-order valence-electron chi connectivity index (χ1n) is 8.45. The number of carbonyl (C=O) groups excluding carboxylic acids is 1. The van der Waals surface area contributed by atoms with E-state index in [1.807, 2.05) is 6.92 Å². The number of nitrogens with zero attached hydrogens (tertiary/aromatic N) is 1. The summed E-state index contributed by atoms with van der Waals surface area (Å²) < 4.78 is 16.0. The van der Waals surface area contributed by atoms with Crippen LogP contribution in [0.5, 0.6) is 17.2 Å². The van der Waals surface area contributed by atoms with E-state index in [1.165, 1.54) is 12.8 Å². The Hall–Kier alpha value is -1.95. The van der Waals surface area contributed by atoms with E-state index in [0.29, 0.717) is 22.9 Å². The van der Waals surface area contributed by atoms with Gasteiger partial charge in [-0.1, -0.05) is 12.8 Å². The lowest BCUT2D eigenvalue weighted by Gasteiger charge is -2.26. The molecule has 1 amide bonds. The monoisotopic (exact) mass is 336 g/mol. The molecule has 0 unspecified atom stereocenters. The molecule has 0 aromatic heterocycles. The van der Waals surface area contributed by atoms with Crippen LogP contribution in [0.1, 0.15) is 32.6 Å². The fraction of sp³-hybridized carbons (Fsp3) is 0.611. The van der Waals surface area contributed by atoms with Crippen molar-refractivity contribution >= 4 is 11.6 Å². The first kappa shape index (κ1) is 18.4. The Kier molecular flexibility index (Phi) is 6.73. The first-order chi connectivity index (χ1) is 11.6. The molecule has 6 heteroatoms. The van der Waals surface area contributed by atoms with Crippen molar-refractivity contribution in [3.05, 3.63) is 12.1 Å². The molecule has 1 atom stereocenters. The van der Waals surface area contributed by atoms with E-state index in [0.717, 1.165) is 25.9 Å². The molecule has 1 heterocycles. The highest BCUT2D eigenvalue weighted by Gasteiger charge is 2.23. The lowest BCUT2D eigenvalue weighted by molar-refractivity contribution is -0.120. The van der Waals surface area contributed by atoms with Gasteiger partial charge in [0.05, 0.1) is 27.4 Å². The second kappa shape index (κ2) is 8.78. The lowest BCUT2D eigenvalue weighted by Crippen LogP contribution is -2.42. The van der Waals surface area contributed by atoms with Gasteiger partial charge in [-0.2, -0.15) is 0 Å². The molecule has 1 aliphatic heterocycles. The van der Waals surface area contributed by atoms with Crippen LogP contribution in [0.4, 0.5) is 5.69 Å². The molecule has 1 N–H and O–H groups in total. The van der Waals surface area contributed by atoms with Gasteiger partial charge >= 0.3 is 0 Å². The molecule has 0 saturated carbocycles. The number of likely N-dealkylation sites (tertiary alicyclic amines) is 1. The fourth-order valence-corrected chi connectivity index (χ4v) is 3.05. The van der Waals surface area contributed by atoms with Crippen molar-refractivity contribution < 1.29 is 19.0 Å². The molecule has 134 valence electrons. The van der Waals surface area contributed by atoms with Gasteiger partial charge in [0.2, 0.25) is 11.7 Å². The Bertz CT molecular complexity index is 529. The molecule has 6 nitrogen and oxygen atoms in total. The third-order valence-electron chi connectivity index (χ3n) is 4.50. The topological polar surface area (TPSA) is 60.0 Å². The van der Waals surface area contributed by atoms with Crippen LogP contribution in [-0.2, 0) is 4.79 Å². The number of methoxy groups -OCH3 is 3. The first-order valence-corrected chi connectivity index (χ1v) is 8.45. The molecule has 0 aliphatic carbocycles. The zero-order valence-corrected chi connectivity index (χ0v) is 15.1. The van der Waals surface area contributed by atoms with E-state index >= 15 is 0 Å². The molecule has 24 heavy (non-hydrogen) atoms. The molecular formula is C18H28N2O4. The summed E-state index contributed by atoms with van der Waals surface area (Å²) in [5.41, 5.74) is 0.635. The van der Waals surface area contributed by atoms with Crippen molar-refractivity contribution in [3.63, 3.8) is 0 Å². The van der Waals surface area contributed by atoms with Gasteiger partial charge in [-0.15, -0.1) is 0 Å². The summed E-state index contributed by atoms with van der Waals surface area (Å²) in [6, 6.07) is 3.32. The van der Waals surface area contributed by atoms with Gasteiger partial charge in [-0.05, 0) is 32.9 Å². The van der Waals surface area contributed by atoms with Crippen LogP contribution in [0.15, 0.2) is 12.1 Å². The second-order valence-corrected chi connectivity index (χ2v) is 6.03. The number of carbonyl (C=O) groups is 1. The Morgan fingerprint density at radius 3 is 2.00 bits per heavy atom. The van der Waals surface area contributed by atoms with Crippen LogP contribution in [-0.4, -0.2) is 51.3 Å². The quantitative estimate of drug-likeness (QED) is 0.865. The number of benzene rings is 1. The Labute approximate surface area is 144 Å². The van der Waals surface area contributed by atoms with Gasteiger partial charge in [0.15, 0.2) is 11.5 Å². The minimum absolute atomic E-state index is 0.0221. The van der Waals surface area contributed by atoms with Crippen molar-refractivity contribution in [1.82, 2.24) is 4.90 Å². The van der Waals surface area contributed by atoms with Crippen molar-refractivity contribution in [1.29, 1.82) is 0 Å². The fourth-order valence-electron chi connectivity index (χ4n) is 3.05. The van der Waals surface area contributed by atoms with Crippen LogP contribution >= 0.6 is 0 Å². The molecule has 1 aliphatic rings. The summed E-state index contributed by atoms with van der Waals surface area (Å²) in [7, 11) is 4.67. The molecule has 1 aromatic rings. The second-order valence-electron chi connectivity index (χ2n) is 6.03. The van der Waals surface area contributed by atoms with Crippen molar-refractivity contribution in [2.45, 2.75) is 38.6 Å². The standard InChI is InChI=1S/C18H28N2O4/c1-13(20-9-7-5-6-8-10-20)18(21)19-14-11-15(22-2)17(24-4)16(12-14)23-3/h11-13H,5-10H2,1-4H3,(H,19,21)/t13-/m1/s1. The summed E-state index contributed by atoms with van der Waals surface area (Å²) >= 11 is 0. The Morgan fingerprint density at radius 1 is 1.00 bits per heavy atom. The SMILES string of the molecule is COc1cc(NC(=O)[C@@H](C)N2CCCCCC2)cc(OC)c1OC. The maximum absolute atomic E-state index is 12.6. The summed E-state index contributed by atoms with van der Waals surface area (Å²) in [4.78, 5) is 14.9. The molecular weight excluding hydrogens is 308 g/mol. The average Bonchev–Trinajstić information content (AvgIpc) is 2.89. The van der Waals surface area contributed by atoms with Crippen LogP contribution < -0.4 is 19.5 Å². The van der Waals surface area contributed by atoms with E-state index in [9.17, 15) is 4.79 Å². The molecule has 0 spiro atoms. The Balaban J connectivity index is 2.12. The zero-order chi connectivity index (χ0) is 17.5. The molecule has 0 radical (unpaired) electrons. The van der Waals surface area contributed by atoms with Gasteiger partial charge in [-0.25, -0.2) is 0 Å². The van der Waals surface area contributed by atoms with Crippen molar-refractivity contribution in [2.24, 2.45) is 0 Å². The summed E-state index contributed by atoms with van der Waals surface area (Å²) in [6.07, 6.45) is 4.80. The van der Waals surface area contributed by atoms with E-state index in [4.69, 9.17) is 14.2 Å². The number of ether oxygens (including phenoxy) is 3. The van der Waals surface area contributed by atoms with Gasteiger partial charge in [0.1, 0.15) is 0 Å². The number of anilines is 1. The van der Waals surface area contributed by atoms with Gasteiger partial charge in [0.25, 0.3) is 0 Å². The number of hydrogen-bond acceptors (Lipinski definition) is 5. The maximum atomic E-state index is 12.6. The highest BCUT2D eigenvalue weighted by atomic mass is 16.5. The number of hydrogen-bond donors (Lipinski definition) is 1. The van der Waals surface area contributed by atoms with Gasteiger partial charge in [-0.3, -0.25) is 9.69 Å². The van der Waals surface area contributed by atoms with Crippen LogP contribution in [0.3, 0.4) is 0 Å². The molecule has 2 rings (SSSR count). The third-order valence-corrected chi connectivity index (χ3v) is 4.50. The molecule has 1 saturated heterocycles. The van der Waals surface area contributed by atoms with E-state index in [2.05, 4.69) is 10.2 Å². The normalized spacial score (nSPS) is 16.8. The predicted octanol–water partition coefficient (Wildman–Crippen LogP) is 2.92. The summed E-state index contributed by atoms with van der Waals surface area (Å²) in [5, 5.41) is 2.96. The number of nitrogens with one attached hydrogen (secondary N) is 1. The molecule has 1 fully saturated rings. The van der Waals surface area contributed by atoms with Crippen molar-refractivity contribution in [2.75, 3.05) is 39.7 Å². The highest BCUT2D eigenvalue weighted by molar-refractivity contribution is 5.95. The van der Waals surface area contributed by atoms with E-state index < -0.39 is 0 Å². The summed E-state index contributed by atoms with van der Waals surface area (Å²) in [6.45, 7) is 3.91. The van der Waals surface area contributed by atoms with Crippen LogP contribution in [0.25, 0.3) is 0 Å². The summed E-state index contributed by atoms with van der Waals surface area (Å²) in [5.74, 6) is 1.54.